The van der Waals surface area contributed by atoms with Gasteiger partial charge < -0.3 is 14.8 Å². The van der Waals surface area contributed by atoms with Gasteiger partial charge in [0.05, 0.1) is 17.7 Å². The van der Waals surface area contributed by atoms with E-state index in [-0.39, 0.29) is 10.8 Å². The van der Waals surface area contributed by atoms with Crippen LogP contribution in [0, 0.1) is 13.8 Å². The number of methoxy groups -OCH3 is 1. The van der Waals surface area contributed by atoms with Crippen LogP contribution in [0.4, 0.5) is 5.69 Å². The second-order valence-electron chi connectivity index (χ2n) is 7.75. The first-order valence-electron chi connectivity index (χ1n) is 10.5. The predicted molar refractivity (Wildman–Crippen MR) is 120 cm³/mol. The predicted octanol–water partition coefficient (Wildman–Crippen LogP) is 3.89. The number of carbonyl (C=O) groups excluding carboxylic acids is 1. The molecule has 0 radical (unpaired) electrons. The van der Waals surface area contributed by atoms with Crippen LogP contribution in [0.2, 0.25) is 0 Å². The lowest BCUT2D eigenvalue weighted by atomic mass is 10.1. The Morgan fingerprint density at radius 1 is 1.10 bits per heavy atom. The van der Waals surface area contributed by atoms with E-state index in [0.717, 1.165) is 24.0 Å². The van der Waals surface area contributed by atoms with Gasteiger partial charge in [-0.1, -0.05) is 19.1 Å². The number of hydrogen-bond donors (Lipinski definition) is 1. The van der Waals surface area contributed by atoms with E-state index < -0.39 is 16.1 Å². The third-order valence-electron chi connectivity index (χ3n) is 5.41. The minimum Gasteiger partial charge on any atom is -0.495 e. The van der Waals surface area contributed by atoms with Gasteiger partial charge in [0.1, 0.15) is 11.5 Å². The summed E-state index contributed by atoms with van der Waals surface area (Å²) in [6.45, 7) is 6.77. The molecule has 0 spiro atoms. The van der Waals surface area contributed by atoms with Gasteiger partial charge in [0, 0.05) is 13.1 Å². The number of benzene rings is 2. The maximum atomic E-state index is 13.0. The minimum atomic E-state index is -3.61. The first-order chi connectivity index (χ1) is 14.8. The molecule has 31 heavy (non-hydrogen) atoms. The third-order valence-corrected chi connectivity index (χ3v) is 7.30. The number of nitrogens with zero attached hydrogens (tertiary/aromatic N) is 1. The number of rotatable bonds is 8. The summed E-state index contributed by atoms with van der Waals surface area (Å²) in [4.78, 5) is 13.1. The Hall–Kier alpha value is -2.58. The molecule has 0 saturated carbocycles. The van der Waals surface area contributed by atoms with E-state index in [9.17, 15) is 13.2 Å². The molecular weight excluding hydrogens is 416 g/mol. The van der Waals surface area contributed by atoms with E-state index in [2.05, 4.69) is 5.32 Å². The summed E-state index contributed by atoms with van der Waals surface area (Å²) in [5, 5.41) is 2.80. The topological polar surface area (TPSA) is 84.9 Å². The Balaban J connectivity index is 1.84. The molecule has 1 saturated heterocycles. The smallest absolute Gasteiger partial charge is 0.265 e. The summed E-state index contributed by atoms with van der Waals surface area (Å²) < 4.78 is 38.6. The van der Waals surface area contributed by atoms with E-state index in [1.807, 2.05) is 39.0 Å². The zero-order valence-corrected chi connectivity index (χ0v) is 19.3. The average molecular weight is 447 g/mol. The van der Waals surface area contributed by atoms with Crippen LogP contribution in [0.3, 0.4) is 0 Å². The van der Waals surface area contributed by atoms with Crippen molar-refractivity contribution in [3.63, 3.8) is 0 Å². The molecule has 0 aromatic heterocycles. The van der Waals surface area contributed by atoms with Crippen LogP contribution >= 0.6 is 0 Å². The van der Waals surface area contributed by atoms with Crippen molar-refractivity contribution in [2.45, 2.75) is 51.0 Å². The van der Waals surface area contributed by atoms with Gasteiger partial charge in [-0.25, -0.2) is 8.42 Å². The van der Waals surface area contributed by atoms with E-state index >= 15 is 0 Å². The molecule has 1 aliphatic rings. The normalized spacial score (nSPS) is 15.5. The molecule has 1 heterocycles. The second kappa shape index (κ2) is 9.70. The Morgan fingerprint density at radius 2 is 1.81 bits per heavy atom. The fourth-order valence-corrected chi connectivity index (χ4v) is 5.09. The van der Waals surface area contributed by atoms with Gasteiger partial charge in [0.25, 0.3) is 5.91 Å². The molecule has 2 aromatic carbocycles. The molecule has 0 aliphatic carbocycles. The summed E-state index contributed by atoms with van der Waals surface area (Å²) in [6.07, 6.45) is 1.43. The van der Waals surface area contributed by atoms with Crippen LogP contribution in [-0.4, -0.2) is 44.9 Å². The molecule has 1 atom stereocenters. The number of aryl methyl sites for hydroxylation is 2. The van der Waals surface area contributed by atoms with Gasteiger partial charge in [0.15, 0.2) is 6.10 Å². The molecule has 0 bridgehead atoms. The number of anilines is 1. The van der Waals surface area contributed by atoms with Crippen molar-refractivity contribution in [2.75, 3.05) is 25.5 Å². The molecule has 7 nitrogen and oxygen atoms in total. The average Bonchev–Trinajstić information content (AvgIpc) is 3.30. The fourth-order valence-electron chi connectivity index (χ4n) is 3.55. The fraction of sp³-hybridized carbons (Fsp3) is 0.435. The van der Waals surface area contributed by atoms with E-state index in [4.69, 9.17) is 9.47 Å². The van der Waals surface area contributed by atoms with Crippen LogP contribution in [-0.2, 0) is 14.8 Å². The highest BCUT2D eigenvalue weighted by atomic mass is 32.2. The summed E-state index contributed by atoms with van der Waals surface area (Å²) in [6, 6.07) is 10.4. The molecule has 0 unspecified atom stereocenters. The second-order valence-corrected chi connectivity index (χ2v) is 9.68. The molecule has 1 fully saturated rings. The number of hydrogen-bond acceptors (Lipinski definition) is 5. The number of carbonyl (C=O) groups is 1. The van der Waals surface area contributed by atoms with Crippen molar-refractivity contribution in [3.8, 4) is 11.5 Å². The van der Waals surface area contributed by atoms with Gasteiger partial charge in [-0.3, -0.25) is 4.79 Å². The molecule has 1 N–H and O–H groups in total. The molecule has 8 heteroatoms. The number of nitrogens with one attached hydrogen (secondary N) is 1. The lowest BCUT2D eigenvalue weighted by Crippen LogP contribution is -2.33. The molecule has 1 amide bonds. The highest BCUT2D eigenvalue weighted by Crippen LogP contribution is 2.31. The zero-order valence-electron chi connectivity index (χ0n) is 18.5. The number of sulfonamides is 1. The van der Waals surface area contributed by atoms with Crippen molar-refractivity contribution in [2.24, 2.45) is 0 Å². The highest BCUT2D eigenvalue weighted by Gasteiger charge is 2.28. The van der Waals surface area contributed by atoms with Crippen LogP contribution in [0.15, 0.2) is 41.3 Å². The maximum Gasteiger partial charge on any atom is 0.265 e. The van der Waals surface area contributed by atoms with Crippen molar-refractivity contribution in [1.29, 1.82) is 0 Å². The van der Waals surface area contributed by atoms with Gasteiger partial charge in [-0.2, -0.15) is 4.31 Å². The van der Waals surface area contributed by atoms with Crippen LogP contribution in [0.25, 0.3) is 0 Å². The van der Waals surface area contributed by atoms with Crippen molar-refractivity contribution >= 4 is 21.6 Å². The highest BCUT2D eigenvalue weighted by molar-refractivity contribution is 7.89. The van der Waals surface area contributed by atoms with E-state index in [1.54, 1.807) is 6.07 Å². The quantitative estimate of drug-likeness (QED) is 0.665. The van der Waals surface area contributed by atoms with Crippen molar-refractivity contribution < 1.29 is 22.7 Å². The number of ether oxygens (including phenoxy) is 2. The molecular formula is C23H30N2O5S. The third kappa shape index (κ3) is 5.19. The zero-order chi connectivity index (χ0) is 22.6. The van der Waals surface area contributed by atoms with Crippen LogP contribution in [0.1, 0.15) is 37.3 Å². The van der Waals surface area contributed by atoms with Gasteiger partial charge in [-0.05, 0) is 68.5 Å². The Kier molecular flexibility index (Phi) is 7.23. The SMILES string of the molecule is CC[C@@H](Oc1cc(C)ccc1C)C(=O)Nc1cc(S(=O)(=O)N2CCCC2)ccc1OC. The van der Waals surface area contributed by atoms with E-state index in [1.165, 1.54) is 23.5 Å². The Labute approximate surface area is 184 Å². The largest absolute Gasteiger partial charge is 0.495 e. The van der Waals surface area contributed by atoms with Crippen LogP contribution < -0.4 is 14.8 Å². The summed E-state index contributed by atoms with van der Waals surface area (Å²) in [5.41, 5.74) is 2.28. The van der Waals surface area contributed by atoms with Crippen molar-refractivity contribution in [3.05, 3.63) is 47.5 Å². The monoisotopic (exact) mass is 446 g/mol. The maximum absolute atomic E-state index is 13.0. The standard InChI is InChI=1S/C23H30N2O5S/c1-5-20(30-22-14-16(2)8-9-17(22)3)23(26)24-19-15-18(10-11-21(19)29-4)31(27,28)25-12-6-7-13-25/h8-11,14-15,20H,5-7,12-13H2,1-4H3,(H,24,26)/t20-/m1/s1. The van der Waals surface area contributed by atoms with Gasteiger partial charge in [0.2, 0.25) is 10.0 Å². The van der Waals surface area contributed by atoms with Crippen LogP contribution in [0.5, 0.6) is 11.5 Å². The summed E-state index contributed by atoms with van der Waals surface area (Å²) >= 11 is 0. The van der Waals surface area contributed by atoms with Crippen molar-refractivity contribution in [1.82, 2.24) is 4.31 Å². The molecule has 2 aromatic rings. The van der Waals surface area contributed by atoms with E-state index in [0.29, 0.717) is 36.7 Å². The number of amides is 1. The molecule has 1 aliphatic heterocycles. The Morgan fingerprint density at radius 3 is 2.45 bits per heavy atom. The molecule has 3 rings (SSSR count). The minimum absolute atomic E-state index is 0.133. The lowest BCUT2D eigenvalue weighted by molar-refractivity contribution is -0.122. The first-order valence-corrected chi connectivity index (χ1v) is 11.9. The summed E-state index contributed by atoms with van der Waals surface area (Å²) in [7, 11) is -2.14. The Bertz CT molecular complexity index is 1050. The summed E-state index contributed by atoms with van der Waals surface area (Å²) in [5.74, 6) is 0.673. The van der Waals surface area contributed by atoms with Gasteiger partial charge in [-0.15, -0.1) is 0 Å². The first kappa shape index (κ1) is 23.1. The van der Waals surface area contributed by atoms with Gasteiger partial charge >= 0.3 is 0 Å². The lowest BCUT2D eigenvalue weighted by Gasteiger charge is -2.21. The molecule has 168 valence electrons.